The third kappa shape index (κ3) is 2.00. The molecular formula is C12H20. The summed E-state index contributed by atoms with van der Waals surface area (Å²) >= 11 is 0. The van der Waals surface area contributed by atoms with E-state index in [1.54, 1.807) is 11.1 Å². The Morgan fingerprint density at radius 3 is 1.75 bits per heavy atom. The van der Waals surface area contributed by atoms with Crippen molar-refractivity contribution in [2.45, 2.75) is 40.5 Å². The van der Waals surface area contributed by atoms with Crippen LogP contribution in [0.15, 0.2) is 23.3 Å². The molecule has 0 aliphatic heterocycles. The molecule has 0 aromatic rings. The first-order chi connectivity index (χ1) is 5.63. The molecule has 12 heavy (non-hydrogen) atoms. The molecule has 0 unspecified atom stereocenters. The monoisotopic (exact) mass is 164 g/mol. The Hall–Kier alpha value is -0.520. The van der Waals surface area contributed by atoms with Gasteiger partial charge in [-0.2, -0.15) is 0 Å². The molecule has 1 aliphatic carbocycles. The third-order valence-electron chi connectivity index (χ3n) is 2.55. The van der Waals surface area contributed by atoms with Crippen LogP contribution in [-0.2, 0) is 0 Å². The Morgan fingerprint density at radius 2 is 1.42 bits per heavy atom. The van der Waals surface area contributed by atoms with Crippen LogP contribution in [0.5, 0.6) is 0 Å². The summed E-state index contributed by atoms with van der Waals surface area (Å²) < 4.78 is 0. The maximum atomic E-state index is 2.31. The highest BCUT2D eigenvalue weighted by molar-refractivity contribution is 5.26. The van der Waals surface area contributed by atoms with Gasteiger partial charge in [0.2, 0.25) is 0 Å². The molecule has 1 rings (SSSR count). The number of hydrogen-bond acceptors (Lipinski definition) is 0. The Morgan fingerprint density at radius 1 is 1.00 bits per heavy atom. The molecule has 0 saturated carbocycles. The summed E-state index contributed by atoms with van der Waals surface area (Å²) in [5.74, 6) is 1.44. The van der Waals surface area contributed by atoms with Crippen LogP contribution < -0.4 is 0 Å². The third-order valence-corrected chi connectivity index (χ3v) is 2.55. The van der Waals surface area contributed by atoms with E-state index >= 15 is 0 Å². The number of hydrogen-bond donors (Lipinski definition) is 0. The lowest BCUT2D eigenvalue weighted by atomic mass is 9.87. The minimum Gasteiger partial charge on any atom is -0.0841 e. The molecule has 0 atom stereocenters. The standard InChI is InChI=1S/C12H20/c1-9(2)12(10(3)4)11-7-5-6-8-11/h5-6,9-10H,7-8H2,1-4H3. The molecule has 68 valence electrons. The highest BCUT2D eigenvalue weighted by Crippen LogP contribution is 2.30. The number of allylic oxidation sites excluding steroid dienone is 4. The summed E-state index contributed by atoms with van der Waals surface area (Å²) in [6, 6.07) is 0. The van der Waals surface area contributed by atoms with Crippen molar-refractivity contribution in [2.24, 2.45) is 11.8 Å². The van der Waals surface area contributed by atoms with Crippen molar-refractivity contribution >= 4 is 0 Å². The van der Waals surface area contributed by atoms with Gasteiger partial charge < -0.3 is 0 Å². The van der Waals surface area contributed by atoms with E-state index in [9.17, 15) is 0 Å². The zero-order chi connectivity index (χ0) is 9.14. The molecule has 0 saturated heterocycles. The van der Waals surface area contributed by atoms with E-state index < -0.39 is 0 Å². The van der Waals surface area contributed by atoms with Crippen LogP contribution in [0, 0.1) is 11.8 Å². The van der Waals surface area contributed by atoms with Gasteiger partial charge in [0, 0.05) is 0 Å². The summed E-state index contributed by atoms with van der Waals surface area (Å²) in [5.41, 5.74) is 3.35. The van der Waals surface area contributed by atoms with Crippen LogP contribution in [0.3, 0.4) is 0 Å². The van der Waals surface area contributed by atoms with Gasteiger partial charge in [0.15, 0.2) is 0 Å². The van der Waals surface area contributed by atoms with Crippen LogP contribution in [0.1, 0.15) is 40.5 Å². The van der Waals surface area contributed by atoms with E-state index in [4.69, 9.17) is 0 Å². The topological polar surface area (TPSA) is 0 Å². The van der Waals surface area contributed by atoms with E-state index in [2.05, 4.69) is 39.8 Å². The molecule has 0 heterocycles. The van der Waals surface area contributed by atoms with Crippen LogP contribution in [0.4, 0.5) is 0 Å². The fourth-order valence-corrected chi connectivity index (χ4v) is 2.25. The fourth-order valence-electron chi connectivity index (χ4n) is 2.25. The lowest BCUT2D eigenvalue weighted by Crippen LogP contribution is -2.05. The second-order valence-electron chi connectivity index (χ2n) is 4.25. The summed E-state index contributed by atoms with van der Waals surface area (Å²) in [5, 5.41) is 0. The SMILES string of the molecule is CC(C)C(=C1CC=CC1)C(C)C. The van der Waals surface area contributed by atoms with Crippen molar-refractivity contribution in [2.75, 3.05) is 0 Å². The largest absolute Gasteiger partial charge is 0.0841 e. The average Bonchev–Trinajstić information content (AvgIpc) is 2.37. The first-order valence-electron chi connectivity index (χ1n) is 4.99. The van der Waals surface area contributed by atoms with Gasteiger partial charge in [-0.1, -0.05) is 51.0 Å². The van der Waals surface area contributed by atoms with Gasteiger partial charge in [0.25, 0.3) is 0 Å². The van der Waals surface area contributed by atoms with Gasteiger partial charge in [-0.15, -0.1) is 0 Å². The normalized spacial score (nSPS) is 16.7. The molecule has 1 aliphatic rings. The van der Waals surface area contributed by atoms with E-state index in [1.807, 2.05) is 0 Å². The van der Waals surface area contributed by atoms with Crippen LogP contribution in [0.25, 0.3) is 0 Å². The van der Waals surface area contributed by atoms with E-state index in [1.165, 1.54) is 12.8 Å². The average molecular weight is 164 g/mol. The minimum absolute atomic E-state index is 0.722. The van der Waals surface area contributed by atoms with Crippen LogP contribution in [0.2, 0.25) is 0 Å². The fraction of sp³-hybridized carbons (Fsp3) is 0.667. The first kappa shape index (κ1) is 9.57. The second-order valence-corrected chi connectivity index (χ2v) is 4.25. The zero-order valence-electron chi connectivity index (χ0n) is 8.72. The zero-order valence-corrected chi connectivity index (χ0v) is 8.72. The quantitative estimate of drug-likeness (QED) is 0.542. The lowest BCUT2D eigenvalue weighted by Gasteiger charge is -2.19. The van der Waals surface area contributed by atoms with E-state index in [0.29, 0.717) is 0 Å². The molecule has 0 nitrogen and oxygen atoms in total. The Labute approximate surface area is 76.4 Å². The van der Waals surface area contributed by atoms with Crippen LogP contribution in [-0.4, -0.2) is 0 Å². The van der Waals surface area contributed by atoms with Crippen molar-refractivity contribution in [3.05, 3.63) is 23.3 Å². The molecule has 0 radical (unpaired) electrons. The molecule has 0 heteroatoms. The summed E-state index contributed by atoms with van der Waals surface area (Å²) in [6.45, 7) is 9.22. The van der Waals surface area contributed by atoms with Gasteiger partial charge in [-0.25, -0.2) is 0 Å². The Bertz CT molecular complexity index is 184. The molecular weight excluding hydrogens is 144 g/mol. The maximum absolute atomic E-state index is 2.31. The second kappa shape index (κ2) is 3.93. The summed E-state index contributed by atoms with van der Waals surface area (Å²) in [4.78, 5) is 0. The van der Waals surface area contributed by atoms with Gasteiger partial charge in [0.05, 0.1) is 0 Å². The molecule has 0 fully saturated rings. The van der Waals surface area contributed by atoms with Gasteiger partial charge in [-0.3, -0.25) is 0 Å². The molecule has 0 spiro atoms. The molecule has 0 aromatic carbocycles. The van der Waals surface area contributed by atoms with Gasteiger partial charge >= 0.3 is 0 Å². The van der Waals surface area contributed by atoms with E-state index in [-0.39, 0.29) is 0 Å². The summed E-state index contributed by atoms with van der Waals surface area (Å²) in [6.07, 6.45) is 6.98. The van der Waals surface area contributed by atoms with Crippen molar-refractivity contribution in [3.63, 3.8) is 0 Å². The van der Waals surface area contributed by atoms with Crippen molar-refractivity contribution in [3.8, 4) is 0 Å². The van der Waals surface area contributed by atoms with Crippen molar-refractivity contribution in [1.29, 1.82) is 0 Å². The Kier molecular flexibility index (Phi) is 3.13. The predicted molar refractivity (Wildman–Crippen MR) is 55.1 cm³/mol. The van der Waals surface area contributed by atoms with Crippen LogP contribution >= 0.6 is 0 Å². The van der Waals surface area contributed by atoms with Crippen molar-refractivity contribution in [1.82, 2.24) is 0 Å². The lowest BCUT2D eigenvalue weighted by molar-refractivity contribution is 0.610. The van der Waals surface area contributed by atoms with Crippen molar-refractivity contribution < 1.29 is 0 Å². The van der Waals surface area contributed by atoms with Gasteiger partial charge in [-0.05, 0) is 24.7 Å². The predicted octanol–water partition coefficient (Wildman–Crippen LogP) is 3.95. The molecule has 0 N–H and O–H groups in total. The molecule has 0 aromatic heterocycles. The number of rotatable bonds is 2. The highest BCUT2D eigenvalue weighted by Gasteiger charge is 2.14. The Balaban J connectivity index is 2.84. The highest BCUT2D eigenvalue weighted by atomic mass is 14.2. The minimum atomic E-state index is 0.722. The van der Waals surface area contributed by atoms with Gasteiger partial charge in [0.1, 0.15) is 0 Å². The molecule has 0 bridgehead atoms. The molecule has 0 amide bonds. The maximum Gasteiger partial charge on any atom is -0.0133 e. The smallest absolute Gasteiger partial charge is 0.0133 e. The first-order valence-corrected chi connectivity index (χ1v) is 4.99. The summed E-state index contributed by atoms with van der Waals surface area (Å²) in [7, 11) is 0. The van der Waals surface area contributed by atoms with E-state index in [0.717, 1.165) is 11.8 Å².